The van der Waals surface area contributed by atoms with Crippen LogP contribution >= 0.6 is 0 Å². The molecule has 3 nitrogen and oxygen atoms in total. The van der Waals surface area contributed by atoms with Crippen molar-refractivity contribution in [1.29, 1.82) is 0 Å². The van der Waals surface area contributed by atoms with E-state index in [4.69, 9.17) is 14.0 Å². The molecule has 0 aromatic heterocycles. The Balaban J connectivity index is 1.86. The first kappa shape index (κ1) is 11.5. The molecule has 1 aliphatic rings. The fourth-order valence-corrected chi connectivity index (χ4v) is 1.64. The normalized spacial score (nSPS) is 18.4. The summed E-state index contributed by atoms with van der Waals surface area (Å²) >= 11 is 0. The second-order valence-electron chi connectivity index (χ2n) is 3.88. The molecule has 0 saturated carbocycles. The van der Waals surface area contributed by atoms with Crippen molar-refractivity contribution >= 4 is 7.32 Å². The lowest BCUT2D eigenvalue weighted by molar-refractivity contribution is 0.144. The van der Waals surface area contributed by atoms with Gasteiger partial charge in [-0.05, 0) is 25.0 Å². The van der Waals surface area contributed by atoms with E-state index in [1.54, 1.807) is 0 Å². The predicted molar refractivity (Wildman–Crippen MR) is 63.2 cm³/mol. The van der Waals surface area contributed by atoms with E-state index in [9.17, 15) is 0 Å². The first-order valence-corrected chi connectivity index (χ1v) is 5.90. The number of rotatable bonds is 2. The van der Waals surface area contributed by atoms with Gasteiger partial charge in [0.1, 0.15) is 5.75 Å². The van der Waals surface area contributed by atoms with E-state index in [0.717, 1.165) is 18.6 Å². The molecule has 0 unspecified atom stereocenters. The maximum Gasteiger partial charge on any atom is 0.713 e. The van der Waals surface area contributed by atoms with Crippen LogP contribution < -0.4 is 4.65 Å². The van der Waals surface area contributed by atoms with E-state index >= 15 is 0 Å². The molecule has 1 aromatic carbocycles. The van der Waals surface area contributed by atoms with Crippen molar-refractivity contribution in [2.45, 2.75) is 25.7 Å². The molecule has 1 heterocycles. The Labute approximate surface area is 96.9 Å². The van der Waals surface area contributed by atoms with Gasteiger partial charge in [0.05, 0.1) is 0 Å². The highest BCUT2D eigenvalue weighted by Gasteiger charge is 2.24. The van der Waals surface area contributed by atoms with Crippen LogP contribution in [-0.2, 0) is 9.31 Å². The van der Waals surface area contributed by atoms with E-state index in [0.29, 0.717) is 13.2 Å². The molecule has 2 rings (SSSR count). The van der Waals surface area contributed by atoms with E-state index in [-0.39, 0.29) is 0 Å². The van der Waals surface area contributed by atoms with Crippen LogP contribution in [0.2, 0.25) is 0 Å². The summed E-state index contributed by atoms with van der Waals surface area (Å²) in [7, 11) is -0.555. The summed E-state index contributed by atoms with van der Waals surface area (Å²) in [4.78, 5) is 0. The lowest BCUT2D eigenvalue weighted by atomic mass is 10.2. The Morgan fingerprint density at radius 2 is 1.50 bits per heavy atom. The van der Waals surface area contributed by atoms with Gasteiger partial charge in [0.25, 0.3) is 0 Å². The van der Waals surface area contributed by atoms with Gasteiger partial charge in [-0.3, -0.25) is 0 Å². The first-order valence-electron chi connectivity index (χ1n) is 5.90. The van der Waals surface area contributed by atoms with E-state index in [1.807, 2.05) is 30.3 Å². The average molecular weight is 220 g/mol. The minimum Gasteiger partial charge on any atom is -0.512 e. The summed E-state index contributed by atoms with van der Waals surface area (Å²) in [5, 5.41) is 0. The van der Waals surface area contributed by atoms with Crippen molar-refractivity contribution in [1.82, 2.24) is 0 Å². The third-order valence-corrected chi connectivity index (χ3v) is 2.52. The molecule has 0 amide bonds. The first-order chi connectivity index (χ1) is 7.95. The molecule has 86 valence electrons. The zero-order valence-electron chi connectivity index (χ0n) is 9.43. The maximum absolute atomic E-state index is 5.60. The largest absolute Gasteiger partial charge is 0.713 e. The van der Waals surface area contributed by atoms with Gasteiger partial charge < -0.3 is 14.0 Å². The molecule has 1 aliphatic heterocycles. The SMILES string of the molecule is c1ccc(OB2OCCCCCCO2)cc1. The molecule has 0 atom stereocenters. The van der Waals surface area contributed by atoms with Crippen molar-refractivity contribution < 1.29 is 14.0 Å². The zero-order chi connectivity index (χ0) is 11.1. The van der Waals surface area contributed by atoms with Crippen LogP contribution in [0.3, 0.4) is 0 Å². The summed E-state index contributed by atoms with van der Waals surface area (Å²) in [6, 6.07) is 9.63. The molecular weight excluding hydrogens is 203 g/mol. The number of hydrogen-bond donors (Lipinski definition) is 0. The van der Waals surface area contributed by atoms with Gasteiger partial charge in [0.15, 0.2) is 0 Å². The molecule has 0 radical (unpaired) electrons. The second kappa shape index (κ2) is 6.56. The Morgan fingerprint density at radius 3 is 2.12 bits per heavy atom. The lowest BCUT2D eigenvalue weighted by Crippen LogP contribution is -2.30. The van der Waals surface area contributed by atoms with Crippen molar-refractivity contribution in [2.75, 3.05) is 13.2 Å². The summed E-state index contributed by atoms with van der Waals surface area (Å²) in [6.45, 7) is 1.41. The molecule has 1 aromatic rings. The summed E-state index contributed by atoms with van der Waals surface area (Å²) in [5.41, 5.74) is 0. The molecule has 1 saturated heterocycles. The van der Waals surface area contributed by atoms with Gasteiger partial charge in [0, 0.05) is 13.2 Å². The fourth-order valence-electron chi connectivity index (χ4n) is 1.64. The monoisotopic (exact) mass is 220 g/mol. The Kier molecular flexibility index (Phi) is 4.71. The Bertz CT molecular complexity index is 282. The molecule has 0 aliphatic carbocycles. The van der Waals surface area contributed by atoms with Gasteiger partial charge in [-0.2, -0.15) is 0 Å². The highest BCUT2D eigenvalue weighted by molar-refractivity contribution is 6.37. The minimum absolute atomic E-state index is 0.555. The third-order valence-electron chi connectivity index (χ3n) is 2.52. The number of benzene rings is 1. The fraction of sp³-hybridized carbons (Fsp3) is 0.500. The summed E-state index contributed by atoms with van der Waals surface area (Å²) in [5.74, 6) is 0.784. The van der Waals surface area contributed by atoms with E-state index < -0.39 is 7.32 Å². The molecular formula is C12H17BO3. The van der Waals surface area contributed by atoms with Crippen LogP contribution in [-0.4, -0.2) is 20.5 Å². The zero-order valence-corrected chi connectivity index (χ0v) is 9.43. The van der Waals surface area contributed by atoms with Crippen molar-refractivity contribution in [3.05, 3.63) is 30.3 Å². The van der Waals surface area contributed by atoms with Crippen LogP contribution in [0.1, 0.15) is 25.7 Å². The van der Waals surface area contributed by atoms with E-state index in [2.05, 4.69) is 0 Å². The number of hydrogen-bond acceptors (Lipinski definition) is 3. The standard InChI is InChI=1S/C12H17BO3/c1-2-7-11-15-13(14-10-6-1)16-12-8-4-3-5-9-12/h3-5,8-9H,1-2,6-7,10-11H2. The Morgan fingerprint density at radius 1 is 0.875 bits per heavy atom. The maximum atomic E-state index is 5.60. The predicted octanol–water partition coefficient (Wildman–Crippen LogP) is 2.66. The molecule has 1 fully saturated rings. The van der Waals surface area contributed by atoms with Crippen LogP contribution in [0.4, 0.5) is 0 Å². The lowest BCUT2D eigenvalue weighted by Gasteiger charge is -2.13. The van der Waals surface area contributed by atoms with Gasteiger partial charge in [-0.1, -0.05) is 31.0 Å². The second-order valence-corrected chi connectivity index (χ2v) is 3.88. The van der Waals surface area contributed by atoms with Crippen LogP contribution in [0.15, 0.2) is 30.3 Å². The molecule has 16 heavy (non-hydrogen) atoms. The van der Waals surface area contributed by atoms with Crippen molar-refractivity contribution in [3.63, 3.8) is 0 Å². The van der Waals surface area contributed by atoms with Gasteiger partial charge in [-0.25, -0.2) is 0 Å². The minimum atomic E-state index is -0.555. The Hall–Kier alpha value is -0.995. The number of para-hydroxylation sites is 1. The molecule has 4 heteroatoms. The molecule has 0 bridgehead atoms. The van der Waals surface area contributed by atoms with Gasteiger partial charge in [0.2, 0.25) is 0 Å². The summed E-state index contributed by atoms with van der Waals surface area (Å²) < 4.78 is 16.6. The highest BCUT2D eigenvalue weighted by Crippen LogP contribution is 2.12. The van der Waals surface area contributed by atoms with E-state index in [1.165, 1.54) is 12.8 Å². The molecule has 0 N–H and O–H groups in total. The van der Waals surface area contributed by atoms with Crippen LogP contribution in [0.5, 0.6) is 5.75 Å². The smallest absolute Gasteiger partial charge is 0.512 e. The van der Waals surface area contributed by atoms with Crippen molar-refractivity contribution in [2.24, 2.45) is 0 Å². The van der Waals surface area contributed by atoms with Crippen LogP contribution in [0, 0.1) is 0 Å². The topological polar surface area (TPSA) is 27.7 Å². The van der Waals surface area contributed by atoms with Crippen LogP contribution in [0.25, 0.3) is 0 Å². The summed E-state index contributed by atoms with van der Waals surface area (Å²) in [6.07, 6.45) is 4.58. The van der Waals surface area contributed by atoms with Gasteiger partial charge in [-0.15, -0.1) is 0 Å². The molecule has 0 spiro atoms. The van der Waals surface area contributed by atoms with Gasteiger partial charge >= 0.3 is 7.32 Å². The highest BCUT2D eigenvalue weighted by atomic mass is 16.7. The van der Waals surface area contributed by atoms with Crippen molar-refractivity contribution in [3.8, 4) is 5.75 Å². The quantitative estimate of drug-likeness (QED) is 0.717. The average Bonchev–Trinajstić information content (AvgIpc) is 2.45. The third kappa shape index (κ3) is 3.87.